The molecule has 2 amide bonds. The summed E-state index contributed by atoms with van der Waals surface area (Å²) in [7, 11) is 0. The molecule has 0 saturated carbocycles. The van der Waals surface area contributed by atoms with E-state index in [1.165, 1.54) is 13.0 Å². The van der Waals surface area contributed by atoms with Gasteiger partial charge in [0.1, 0.15) is 5.82 Å². The Balaban J connectivity index is 1.71. The van der Waals surface area contributed by atoms with Crippen LogP contribution in [0.25, 0.3) is 0 Å². The second-order valence-electron chi connectivity index (χ2n) is 6.18. The summed E-state index contributed by atoms with van der Waals surface area (Å²) >= 11 is 0. The van der Waals surface area contributed by atoms with Crippen molar-refractivity contribution in [3.8, 4) is 0 Å². The van der Waals surface area contributed by atoms with Crippen LogP contribution in [0.5, 0.6) is 0 Å². The molecule has 4 nitrogen and oxygen atoms in total. The summed E-state index contributed by atoms with van der Waals surface area (Å²) in [4.78, 5) is 25.3. The number of amides is 2. The van der Waals surface area contributed by atoms with Crippen molar-refractivity contribution in [2.24, 2.45) is 0 Å². The second-order valence-corrected chi connectivity index (χ2v) is 6.18. The van der Waals surface area contributed by atoms with Crippen molar-refractivity contribution in [1.29, 1.82) is 0 Å². The Morgan fingerprint density at radius 1 is 0.962 bits per heavy atom. The van der Waals surface area contributed by atoms with E-state index < -0.39 is 0 Å². The van der Waals surface area contributed by atoms with Crippen LogP contribution >= 0.6 is 0 Å². The molecule has 0 radical (unpaired) electrons. The highest BCUT2D eigenvalue weighted by Gasteiger charge is 2.11. The summed E-state index contributed by atoms with van der Waals surface area (Å²) in [5.41, 5.74) is 1.71. The van der Waals surface area contributed by atoms with Gasteiger partial charge in [0.15, 0.2) is 0 Å². The Labute approximate surface area is 154 Å². The van der Waals surface area contributed by atoms with E-state index in [1.807, 2.05) is 30.3 Å². The molecule has 2 rings (SSSR count). The molecule has 0 aliphatic heterocycles. The quantitative estimate of drug-likeness (QED) is 0.751. The summed E-state index contributed by atoms with van der Waals surface area (Å²) in [5.74, 6) is -0.378. The lowest BCUT2D eigenvalue weighted by molar-refractivity contribution is -0.129. The van der Waals surface area contributed by atoms with Gasteiger partial charge in [-0.1, -0.05) is 48.5 Å². The fourth-order valence-electron chi connectivity index (χ4n) is 2.70. The van der Waals surface area contributed by atoms with Gasteiger partial charge in [-0.2, -0.15) is 0 Å². The number of rotatable bonds is 9. The Kier molecular flexibility index (Phi) is 7.80. The molecule has 0 fully saturated rings. The Hall–Kier alpha value is -2.69. The molecule has 138 valence electrons. The van der Waals surface area contributed by atoms with Gasteiger partial charge in [-0.3, -0.25) is 9.59 Å². The molecule has 1 N–H and O–H groups in total. The van der Waals surface area contributed by atoms with Gasteiger partial charge in [0.25, 0.3) is 0 Å². The highest BCUT2D eigenvalue weighted by atomic mass is 19.1. The zero-order valence-electron chi connectivity index (χ0n) is 15.1. The summed E-state index contributed by atoms with van der Waals surface area (Å²) in [5, 5.41) is 2.84. The molecular formula is C21H25FN2O2. The predicted molar refractivity (Wildman–Crippen MR) is 100 cm³/mol. The number of carbonyl (C=O) groups is 2. The van der Waals surface area contributed by atoms with Gasteiger partial charge in [0, 0.05) is 33.0 Å². The van der Waals surface area contributed by atoms with E-state index in [0.29, 0.717) is 44.5 Å². The molecule has 0 spiro atoms. The Morgan fingerprint density at radius 3 is 2.35 bits per heavy atom. The molecule has 0 aliphatic rings. The normalized spacial score (nSPS) is 10.4. The van der Waals surface area contributed by atoms with Gasteiger partial charge >= 0.3 is 0 Å². The van der Waals surface area contributed by atoms with Gasteiger partial charge in [0.2, 0.25) is 11.8 Å². The van der Waals surface area contributed by atoms with Crippen LogP contribution in [0, 0.1) is 5.82 Å². The fraction of sp³-hybridized carbons (Fsp3) is 0.333. The van der Waals surface area contributed by atoms with Crippen LogP contribution in [-0.2, 0) is 22.4 Å². The van der Waals surface area contributed by atoms with Gasteiger partial charge in [-0.25, -0.2) is 4.39 Å². The van der Waals surface area contributed by atoms with E-state index in [9.17, 15) is 14.0 Å². The maximum atomic E-state index is 13.7. The molecule has 0 aromatic heterocycles. The summed E-state index contributed by atoms with van der Waals surface area (Å²) in [6, 6.07) is 16.4. The van der Waals surface area contributed by atoms with Crippen molar-refractivity contribution in [2.45, 2.75) is 26.2 Å². The van der Waals surface area contributed by atoms with Crippen molar-refractivity contribution in [3.05, 3.63) is 71.5 Å². The standard InChI is InChI=1S/C21H25FN2O2/c1-17(25)24(15-13-19-9-5-6-10-20(19)22)16-14-23-21(26)12-11-18-7-3-2-4-8-18/h2-10H,11-16H2,1H3,(H,23,26). The van der Waals surface area contributed by atoms with Gasteiger partial charge < -0.3 is 10.2 Å². The number of nitrogens with one attached hydrogen (secondary N) is 1. The van der Waals surface area contributed by atoms with Crippen molar-refractivity contribution in [2.75, 3.05) is 19.6 Å². The maximum Gasteiger partial charge on any atom is 0.220 e. The number of benzene rings is 2. The van der Waals surface area contributed by atoms with Gasteiger partial charge in [0.05, 0.1) is 0 Å². The number of halogens is 1. The SMILES string of the molecule is CC(=O)N(CCNC(=O)CCc1ccccc1)CCc1ccccc1F. The minimum atomic E-state index is -0.259. The molecular weight excluding hydrogens is 331 g/mol. The van der Waals surface area contributed by atoms with Crippen LogP contribution in [-0.4, -0.2) is 36.3 Å². The highest BCUT2D eigenvalue weighted by Crippen LogP contribution is 2.08. The van der Waals surface area contributed by atoms with E-state index in [0.717, 1.165) is 5.56 Å². The summed E-state index contributed by atoms with van der Waals surface area (Å²) in [6.45, 7) is 2.72. The average molecular weight is 356 g/mol. The van der Waals surface area contributed by atoms with Crippen molar-refractivity contribution in [1.82, 2.24) is 10.2 Å². The zero-order valence-corrected chi connectivity index (χ0v) is 15.1. The van der Waals surface area contributed by atoms with Crippen LogP contribution < -0.4 is 5.32 Å². The maximum absolute atomic E-state index is 13.7. The zero-order chi connectivity index (χ0) is 18.8. The van der Waals surface area contributed by atoms with Gasteiger partial charge in [-0.15, -0.1) is 0 Å². The van der Waals surface area contributed by atoms with E-state index in [4.69, 9.17) is 0 Å². The van der Waals surface area contributed by atoms with Crippen LogP contribution in [0.4, 0.5) is 4.39 Å². The Bertz CT molecular complexity index is 719. The third-order valence-electron chi connectivity index (χ3n) is 4.24. The lowest BCUT2D eigenvalue weighted by Crippen LogP contribution is -2.38. The van der Waals surface area contributed by atoms with Crippen molar-refractivity contribution < 1.29 is 14.0 Å². The topological polar surface area (TPSA) is 49.4 Å². The highest BCUT2D eigenvalue weighted by molar-refractivity contribution is 5.76. The first-order chi connectivity index (χ1) is 12.6. The number of nitrogens with zero attached hydrogens (tertiary/aromatic N) is 1. The first-order valence-corrected chi connectivity index (χ1v) is 8.86. The average Bonchev–Trinajstić information content (AvgIpc) is 2.64. The largest absolute Gasteiger partial charge is 0.354 e. The first kappa shape index (κ1) is 19.6. The van der Waals surface area contributed by atoms with Crippen molar-refractivity contribution in [3.63, 3.8) is 0 Å². The van der Waals surface area contributed by atoms with Crippen LogP contribution in [0.3, 0.4) is 0 Å². The van der Waals surface area contributed by atoms with Crippen LogP contribution in [0.15, 0.2) is 54.6 Å². The molecule has 0 heterocycles. The molecule has 2 aromatic carbocycles. The molecule has 0 atom stereocenters. The molecule has 0 unspecified atom stereocenters. The Morgan fingerprint density at radius 2 is 1.65 bits per heavy atom. The molecule has 0 saturated heterocycles. The first-order valence-electron chi connectivity index (χ1n) is 8.86. The lowest BCUT2D eigenvalue weighted by Gasteiger charge is -2.21. The molecule has 5 heteroatoms. The lowest BCUT2D eigenvalue weighted by atomic mass is 10.1. The van der Waals surface area contributed by atoms with E-state index >= 15 is 0 Å². The molecule has 0 bridgehead atoms. The minimum Gasteiger partial charge on any atom is -0.354 e. The molecule has 2 aromatic rings. The van der Waals surface area contributed by atoms with E-state index in [1.54, 1.807) is 23.1 Å². The summed E-state index contributed by atoms with van der Waals surface area (Å²) < 4.78 is 13.7. The number of hydrogen-bond donors (Lipinski definition) is 1. The minimum absolute atomic E-state index is 0.0357. The third kappa shape index (κ3) is 6.67. The molecule has 0 aliphatic carbocycles. The smallest absolute Gasteiger partial charge is 0.220 e. The van der Waals surface area contributed by atoms with Crippen molar-refractivity contribution >= 4 is 11.8 Å². The second kappa shape index (κ2) is 10.3. The van der Waals surface area contributed by atoms with Gasteiger partial charge in [-0.05, 0) is 30.0 Å². The summed E-state index contributed by atoms with van der Waals surface area (Å²) in [6.07, 6.45) is 1.56. The van der Waals surface area contributed by atoms with Crippen LogP contribution in [0.1, 0.15) is 24.5 Å². The molecule has 26 heavy (non-hydrogen) atoms. The monoisotopic (exact) mass is 356 g/mol. The predicted octanol–water partition coefficient (Wildman–Crippen LogP) is 2.97. The number of aryl methyl sites for hydroxylation is 1. The van der Waals surface area contributed by atoms with Crippen LogP contribution in [0.2, 0.25) is 0 Å². The van der Waals surface area contributed by atoms with E-state index in [2.05, 4.69) is 5.32 Å². The van der Waals surface area contributed by atoms with E-state index in [-0.39, 0.29) is 17.6 Å². The fourth-order valence-corrected chi connectivity index (χ4v) is 2.70. The third-order valence-corrected chi connectivity index (χ3v) is 4.24. The number of hydrogen-bond acceptors (Lipinski definition) is 2. The number of carbonyl (C=O) groups excluding carboxylic acids is 2.